The van der Waals surface area contributed by atoms with Gasteiger partial charge < -0.3 is 15.4 Å². The summed E-state index contributed by atoms with van der Waals surface area (Å²) in [5, 5.41) is 0. The normalized spacial score (nSPS) is 20.4. The van der Waals surface area contributed by atoms with Crippen LogP contribution in [0.25, 0.3) is 0 Å². The summed E-state index contributed by atoms with van der Waals surface area (Å²) < 4.78 is 5.50. The molecule has 0 radical (unpaired) electrons. The molecule has 0 spiro atoms. The number of rotatable bonds is 5. The van der Waals surface area contributed by atoms with Gasteiger partial charge in [-0.3, -0.25) is 4.79 Å². The molecule has 1 amide bonds. The topological polar surface area (TPSA) is 55.6 Å². The number of ether oxygens (including phenoxy) is 1. The minimum atomic E-state index is -0.00613. The van der Waals surface area contributed by atoms with E-state index in [0.29, 0.717) is 26.1 Å². The van der Waals surface area contributed by atoms with E-state index in [9.17, 15) is 4.79 Å². The second kappa shape index (κ2) is 7.63. The van der Waals surface area contributed by atoms with Gasteiger partial charge in [0.25, 0.3) is 0 Å². The summed E-state index contributed by atoms with van der Waals surface area (Å²) in [7, 11) is 0. The highest BCUT2D eigenvalue weighted by Crippen LogP contribution is 2.12. The predicted octanol–water partition coefficient (Wildman–Crippen LogP) is 1.14. The van der Waals surface area contributed by atoms with Crippen molar-refractivity contribution in [2.75, 3.05) is 26.2 Å². The lowest BCUT2D eigenvalue weighted by molar-refractivity contribution is -0.133. The number of carbonyl (C=O) groups is 1. The van der Waals surface area contributed by atoms with Crippen LogP contribution in [0.4, 0.5) is 0 Å². The van der Waals surface area contributed by atoms with Gasteiger partial charge in [0, 0.05) is 32.7 Å². The molecule has 1 heterocycles. The summed E-state index contributed by atoms with van der Waals surface area (Å²) >= 11 is 0. The van der Waals surface area contributed by atoms with E-state index in [-0.39, 0.29) is 12.0 Å². The highest BCUT2D eigenvalue weighted by atomic mass is 16.5. The average Bonchev–Trinajstić information content (AvgIpc) is 2.27. The summed E-state index contributed by atoms with van der Waals surface area (Å²) in [6.45, 7) is 4.62. The Bertz CT molecular complexity index is 209. The van der Waals surface area contributed by atoms with Crippen LogP contribution in [0.3, 0.4) is 0 Å². The highest BCUT2D eigenvalue weighted by Gasteiger charge is 2.19. The van der Waals surface area contributed by atoms with Gasteiger partial charge in [0.05, 0.1) is 6.10 Å². The first-order chi connectivity index (χ1) is 7.77. The molecule has 0 aromatic carbocycles. The first-order valence-corrected chi connectivity index (χ1v) is 6.37. The molecule has 2 N–H and O–H groups in total. The minimum Gasteiger partial charge on any atom is -0.375 e. The quantitative estimate of drug-likeness (QED) is 0.768. The fourth-order valence-electron chi connectivity index (χ4n) is 2.09. The number of likely N-dealkylation sites (tertiary alicyclic amines) is 1. The van der Waals surface area contributed by atoms with E-state index in [4.69, 9.17) is 10.5 Å². The van der Waals surface area contributed by atoms with Gasteiger partial charge in [0.15, 0.2) is 0 Å². The molecule has 1 atom stereocenters. The first kappa shape index (κ1) is 13.5. The highest BCUT2D eigenvalue weighted by molar-refractivity contribution is 5.76. The fourth-order valence-corrected chi connectivity index (χ4v) is 2.09. The van der Waals surface area contributed by atoms with Crippen LogP contribution in [0.15, 0.2) is 0 Å². The van der Waals surface area contributed by atoms with Crippen LogP contribution in [-0.2, 0) is 9.53 Å². The van der Waals surface area contributed by atoms with Gasteiger partial charge in [-0.05, 0) is 19.8 Å². The smallest absolute Gasteiger partial charge is 0.222 e. The molecule has 1 aliphatic rings. The van der Waals surface area contributed by atoms with Crippen molar-refractivity contribution in [3.05, 3.63) is 0 Å². The van der Waals surface area contributed by atoms with Crippen LogP contribution in [-0.4, -0.2) is 43.2 Å². The summed E-state index contributed by atoms with van der Waals surface area (Å²) in [5.41, 5.74) is 5.63. The van der Waals surface area contributed by atoms with Crippen molar-refractivity contribution in [2.45, 2.75) is 45.1 Å². The Hall–Kier alpha value is -0.610. The summed E-state index contributed by atoms with van der Waals surface area (Å²) in [6, 6.07) is 0. The number of carbonyl (C=O) groups excluding carboxylic acids is 1. The van der Waals surface area contributed by atoms with Crippen LogP contribution < -0.4 is 5.73 Å². The van der Waals surface area contributed by atoms with Crippen molar-refractivity contribution in [1.29, 1.82) is 0 Å². The second-order valence-corrected chi connectivity index (χ2v) is 4.32. The molecular formula is C12H24N2O2. The zero-order chi connectivity index (χ0) is 11.8. The first-order valence-electron chi connectivity index (χ1n) is 6.37. The second-order valence-electron chi connectivity index (χ2n) is 4.32. The van der Waals surface area contributed by atoms with Crippen molar-refractivity contribution < 1.29 is 9.53 Å². The van der Waals surface area contributed by atoms with Gasteiger partial charge >= 0.3 is 0 Å². The molecule has 0 bridgehead atoms. The third-order valence-corrected chi connectivity index (χ3v) is 3.01. The van der Waals surface area contributed by atoms with E-state index >= 15 is 0 Å². The van der Waals surface area contributed by atoms with Crippen molar-refractivity contribution in [2.24, 2.45) is 5.73 Å². The van der Waals surface area contributed by atoms with Crippen molar-refractivity contribution in [3.63, 3.8) is 0 Å². The Balaban J connectivity index is 2.43. The Labute approximate surface area is 98.1 Å². The van der Waals surface area contributed by atoms with E-state index in [1.165, 1.54) is 12.8 Å². The Morgan fingerprint density at radius 3 is 2.81 bits per heavy atom. The minimum absolute atomic E-state index is 0.00613. The molecule has 4 nitrogen and oxygen atoms in total. The van der Waals surface area contributed by atoms with Crippen LogP contribution in [0.5, 0.6) is 0 Å². The fraction of sp³-hybridized carbons (Fsp3) is 0.917. The number of hydrogen-bond acceptors (Lipinski definition) is 3. The van der Waals surface area contributed by atoms with Crippen LogP contribution in [0.2, 0.25) is 0 Å². The molecule has 1 rings (SSSR count). The molecule has 1 saturated heterocycles. The van der Waals surface area contributed by atoms with Crippen molar-refractivity contribution in [3.8, 4) is 0 Å². The van der Waals surface area contributed by atoms with E-state index in [1.807, 2.05) is 11.8 Å². The standard InChI is InChI=1S/C12H24N2O2/c1-2-16-11(9-13)10-14-8-6-4-3-5-7-12(14)15/h11H,2-10,13H2,1H3. The molecule has 1 fully saturated rings. The largest absolute Gasteiger partial charge is 0.375 e. The molecule has 1 aliphatic heterocycles. The lowest BCUT2D eigenvalue weighted by atomic mass is 10.1. The van der Waals surface area contributed by atoms with Crippen LogP contribution in [0, 0.1) is 0 Å². The van der Waals surface area contributed by atoms with Gasteiger partial charge in [-0.2, -0.15) is 0 Å². The molecule has 16 heavy (non-hydrogen) atoms. The Kier molecular flexibility index (Phi) is 6.42. The van der Waals surface area contributed by atoms with Gasteiger partial charge in [-0.1, -0.05) is 12.8 Å². The molecule has 4 heteroatoms. The van der Waals surface area contributed by atoms with E-state index in [2.05, 4.69) is 0 Å². The van der Waals surface area contributed by atoms with Gasteiger partial charge in [-0.25, -0.2) is 0 Å². The summed E-state index contributed by atoms with van der Waals surface area (Å²) in [6.07, 6.45) is 5.22. The van der Waals surface area contributed by atoms with Gasteiger partial charge in [0.1, 0.15) is 0 Å². The van der Waals surface area contributed by atoms with E-state index in [0.717, 1.165) is 19.4 Å². The SMILES string of the molecule is CCOC(CN)CN1CCCCCCC1=O. The average molecular weight is 228 g/mol. The monoisotopic (exact) mass is 228 g/mol. The predicted molar refractivity (Wildman–Crippen MR) is 64.1 cm³/mol. The number of hydrogen-bond donors (Lipinski definition) is 1. The van der Waals surface area contributed by atoms with Crippen molar-refractivity contribution in [1.82, 2.24) is 4.90 Å². The molecule has 1 unspecified atom stereocenters. The molecular weight excluding hydrogens is 204 g/mol. The molecule has 0 saturated carbocycles. The number of nitrogens with two attached hydrogens (primary N) is 1. The maximum absolute atomic E-state index is 11.9. The summed E-state index contributed by atoms with van der Waals surface area (Å²) in [4.78, 5) is 13.8. The van der Waals surface area contributed by atoms with Gasteiger partial charge in [-0.15, -0.1) is 0 Å². The third kappa shape index (κ3) is 4.49. The molecule has 0 aromatic heterocycles. The zero-order valence-electron chi connectivity index (χ0n) is 10.3. The Morgan fingerprint density at radius 2 is 2.12 bits per heavy atom. The van der Waals surface area contributed by atoms with E-state index < -0.39 is 0 Å². The van der Waals surface area contributed by atoms with Crippen molar-refractivity contribution >= 4 is 5.91 Å². The lowest BCUT2D eigenvalue weighted by Crippen LogP contribution is -2.42. The molecule has 94 valence electrons. The van der Waals surface area contributed by atoms with Crippen LogP contribution in [0.1, 0.15) is 39.0 Å². The van der Waals surface area contributed by atoms with E-state index in [1.54, 1.807) is 0 Å². The Morgan fingerprint density at radius 1 is 1.38 bits per heavy atom. The third-order valence-electron chi connectivity index (χ3n) is 3.01. The zero-order valence-corrected chi connectivity index (χ0v) is 10.3. The summed E-state index contributed by atoms with van der Waals surface area (Å²) in [5.74, 6) is 0.262. The molecule has 0 aromatic rings. The number of nitrogens with zero attached hydrogens (tertiary/aromatic N) is 1. The van der Waals surface area contributed by atoms with Crippen LogP contribution >= 0.6 is 0 Å². The maximum atomic E-state index is 11.9. The molecule has 0 aliphatic carbocycles. The number of amides is 1. The maximum Gasteiger partial charge on any atom is 0.222 e. The lowest BCUT2D eigenvalue weighted by Gasteiger charge is -2.28. The van der Waals surface area contributed by atoms with Gasteiger partial charge in [0.2, 0.25) is 5.91 Å².